The summed E-state index contributed by atoms with van der Waals surface area (Å²) in [5.74, 6) is 0.645. The first-order valence-electron chi connectivity index (χ1n) is 5.93. The van der Waals surface area contributed by atoms with Crippen LogP contribution in [0.15, 0.2) is 4.99 Å². The van der Waals surface area contributed by atoms with Crippen LogP contribution in [0, 0.1) is 0 Å². The standard InChI is InChI=1S/C11H22F3N3/c1-4-9(2)17-10(15-3)16-8-6-5-7-11(12,13)14/h9H,4-8H2,1-3H3,(H2,15,16,17). The molecule has 0 spiro atoms. The van der Waals surface area contributed by atoms with Crippen molar-refractivity contribution in [1.82, 2.24) is 10.6 Å². The van der Waals surface area contributed by atoms with Crippen LogP contribution in [0.2, 0.25) is 0 Å². The van der Waals surface area contributed by atoms with Crippen LogP contribution < -0.4 is 10.6 Å². The van der Waals surface area contributed by atoms with Crippen LogP contribution in [0.5, 0.6) is 0 Å². The summed E-state index contributed by atoms with van der Waals surface area (Å²) in [7, 11) is 1.65. The van der Waals surface area contributed by atoms with Gasteiger partial charge < -0.3 is 10.6 Å². The average molecular weight is 253 g/mol. The van der Waals surface area contributed by atoms with E-state index < -0.39 is 12.6 Å². The number of alkyl halides is 3. The zero-order valence-corrected chi connectivity index (χ0v) is 10.7. The van der Waals surface area contributed by atoms with Crippen molar-refractivity contribution >= 4 is 5.96 Å². The summed E-state index contributed by atoms with van der Waals surface area (Å²) in [6, 6.07) is 0.302. The van der Waals surface area contributed by atoms with Crippen molar-refractivity contribution < 1.29 is 13.2 Å². The second kappa shape index (κ2) is 8.20. The predicted molar refractivity (Wildman–Crippen MR) is 64.2 cm³/mol. The van der Waals surface area contributed by atoms with Crippen molar-refractivity contribution in [1.29, 1.82) is 0 Å². The fourth-order valence-electron chi connectivity index (χ4n) is 1.19. The minimum absolute atomic E-state index is 0.150. The van der Waals surface area contributed by atoms with E-state index in [2.05, 4.69) is 15.6 Å². The van der Waals surface area contributed by atoms with E-state index in [9.17, 15) is 13.2 Å². The second-order valence-corrected chi connectivity index (χ2v) is 4.02. The van der Waals surface area contributed by atoms with Crippen molar-refractivity contribution in [3.8, 4) is 0 Å². The highest BCUT2D eigenvalue weighted by Crippen LogP contribution is 2.21. The van der Waals surface area contributed by atoms with Crippen molar-refractivity contribution in [3.63, 3.8) is 0 Å². The normalized spacial score (nSPS) is 14.6. The van der Waals surface area contributed by atoms with Crippen molar-refractivity contribution in [2.45, 2.75) is 51.7 Å². The quantitative estimate of drug-likeness (QED) is 0.434. The maximum absolute atomic E-state index is 11.9. The van der Waals surface area contributed by atoms with E-state index in [1.54, 1.807) is 7.05 Å². The van der Waals surface area contributed by atoms with Gasteiger partial charge in [0.25, 0.3) is 0 Å². The van der Waals surface area contributed by atoms with Crippen molar-refractivity contribution in [2.24, 2.45) is 4.99 Å². The number of nitrogens with zero attached hydrogens (tertiary/aromatic N) is 1. The number of aliphatic imine (C=N–C) groups is 1. The number of unbranched alkanes of at least 4 members (excludes halogenated alkanes) is 1. The largest absolute Gasteiger partial charge is 0.389 e. The lowest BCUT2D eigenvalue weighted by Crippen LogP contribution is -2.42. The molecule has 0 rings (SSSR count). The van der Waals surface area contributed by atoms with Gasteiger partial charge in [-0.2, -0.15) is 13.2 Å². The molecular formula is C11H22F3N3. The van der Waals surface area contributed by atoms with E-state index in [0.29, 0.717) is 25.0 Å². The van der Waals surface area contributed by atoms with Crippen LogP contribution in [0.4, 0.5) is 13.2 Å². The molecule has 102 valence electrons. The van der Waals surface area contributed by atoms with Crippen LogP contribution in [-0.2, 0) is 0 Å². The molecule has 0 radical (unpaired) electrons. The van der Waals surface area contributed by atoms with Crippen LogP contribution in [-0.4, -0.2) is 31.8 Å². The summed E-state index contributed by atoms with van der Waals surface area (Å²) in [6.07, 6.45) is -3.16. The maximum Gasteiger partial charge on any atom is 0.389 e. The molecule has 0 saturated carbocycles. The van der Waals surface area contributed by atoms with E-state index >= 15 is 0 Å². The SMILES string of the molecule is CCC(C)NC(=NC)NCCCCC(F)(F)F. The zero-order chi connectivity index (χ0) is 13.3. The Morgan fingerprint density at radius 1 is 1.29 bits per heavy atom. The van der Waals surface area contributed by atoms with Crippen LogP contribution >= 0.6 is 0 Å². The molecule has 0 fully saturated rings. The first-order valence-corrected chi connectivity index (χ1v) is 5.93. The minimum atomic E-state index is -4.04. The molecule has 3 nitrogen and oxygen atoms in total. The van der Waals surface area contributed by atoms with E-state index in [1.165, 1.54) is 0 Å². The third-order valence-corrected chi connectivity index (χ3v) is 2.40. The molecule has 0 bridgehead atoms. The molecule has 0 aliphatic heterocycles. The molecular weight excluding hydrogens is 231 g/mol. The van der Waals surface area contributed by atoms with Gasteiger partial charge >= 0.3 is 6.18 Å². The van der Waals surface area contributed by atoms with Crippen LogP contribution in [0.25, 0.3) is 0 Å². The molecule has 17 heavy (non-hydrogen) atoms. The van der Waals surface area contributed by atoms with Crippen LogP contribution in [0.1, 0.15) is 39.5 Å². The summed E-state index contributed by atoms with van der Waals surface area (Å²) in [6.45, 7) is 4.58. The van der Waals surface area contributed by atoms with Crippen molar-refractivity contribution in [2.75, 3.05) is 13.6 Å². The van der Waals surface area contributed by atoms with E-state index in [0.717, 1.165) is 6.42 Å². The molecule has 0 amide bonds. The van der Waals surface area contributed by atoms with Crippen molar-refractivity contribution in [3.05, 3.63) is 0 Å². The molecule has 1 unspecified atom stereocenters. The number of guanidine groups is 1. The zero-order valence-electron chi connectivity index (χ0n) is 10.7. The van der Waals surface area contributed by atoms with Gasteiger partial charge in [0, 0.05) is 26.1 Å². The van der Waals surface area contributed by atoms with E-state index in [4.69, 9.17) is 0 Å². The van der Waals surface area contributed by atoms with Gasteiger partial charge in [0.05, 0.1) is 0 Å². The molecule has 0 aliphatic rings. The fraction of sp³-hybridized carbons (Fsp3) is 0.909. The van der Waals surface area contributed by atoms with Gasteiger partial charge in [-0.3, -0.25) is 4.99 Å². The second-order valence-electron chi connectivity index (χ2n) is 4.02. The number of rotatable bonds is 6. The smallest absolute Gasteiger partial charge is 0.356 e. The van der Waals surface area contributed by atoms with Gasteiger partial charge in [0.1, 0.15) is 0 Å². The van der Waals surface area contributed by atoms with E-state index in [1.807, 2.05) is 13.8 Å². The van der Waals surface area contributed by atoms with Gasteiger partial charge in [-0.05, 0) is 26.2 Å². The fourth-order valence-corrected chi connectivity index (χ4v) is 1.19. The maximum atomic E-state index is 11.9. The average Bonchev–Trinajstić information content (AvgIpc) is 2.25. The lowest BCUT2D eigenvalue weighted by atomic mass is 10.2. The Hall–Kier alpha value is -0.940. The monoisotopic (exact) mass is 253 g/mol. The molecule has 0 aromatic heterocycles. The Morgan fingerprint density at radius 2 is 1.94 bits per heavy atom. The molecule has 0 aromatic rings. The van der Waals surface area contributed by atoms with Gasteiger partial charge in [0.15, 0.2) is 5.96 Å². The topological polar surface area (TPSA) is 36.4 Å². The number of halogens is 3. The Labute approximate surface area is 101 Å². The number of hydrogen-bond acceptors (Lipinski definition) is 1. The first kappa shape index (κ1) is 16.1. The molecule has 6 heteroatoms. The number of hydrogen-bond donors (Lipinski definition) is 2. The molecule has 0 aliphatic carbocycles. The molecule has 0 saturated heterocycles. The highest BCUT2D eigenvalue weighted by atomic mass is 19.4. The minimum Gasteiger partial charge on any atom is -0.356 e. The Bertz CT molecular complexity index is 226. The molecule has 1 atom stereocenters. The highest BCUT2D eigenvalue weighted by Gasteiger charge is 2.25. The summed E-state index contributed by atoms with van der Waals surface area (Å²) < 4.78 is 35.6. The molecule has 0 heterocycles. The van der Waals surface area contributed by atoms with E-state index in [-0.39, 0.29) is 6.42 Å². The third-order valence-electron chi connectivity index (χ3n) is 2.40. The van der Waals surface area contributed by atoms with Gasteiger partial charge in [-0.25, -0.2) is 0 Å². The Morgan fingerprint density at radius 3 is 2.41 bits per heavy atom. The highest BCUT2D eigenvalue weighted by molar-refractivity contribution is 5.79. The Kier molecular flexibility index (Phi) is 7.74. The van der Waals surface area contributed by atoms with Gasteiger partial charge in [-0.15, -0.1) is 0 Å². The summed E-state index contributed by atoms with van der Waals surface area (Å²) in [4.78, 5) is 3.99. The Balaban J connectivity index is 3.65. The lowest BCUT2D eigenvalue weighted by molar-refractivity contribution is -0.135. The first-order chi connectivity index (χ1) is 7.89. The van der Waals surface area contributed by atoms with Crippen LogP contribution in [0.3, 0.4) is 0 Å². The third kappa shape index (κ3) is 9.96. The lowest BCUT2D eigenvalue weighted by Gasteiger charge is -2.16. The summed E-state index contributed by atoms with van der Waals surface area (Å²) >= 11 is 0. The molecule has 2 N–H and O–H groups in total. The summed E-state index contributed by atoms with van der Waals surface area (Å²) in [5.41, 5.74) is 0. The summed E-state index contributed by atoms with van der Waals surface area (Å²) in [5, 5.41) is 6.13. The molecule has 0 aromatic carbocycles. The number of nitrogens with one attached hydrogen (secondary N) is 2. The predicted octanol–water partition coefficient (Wildman–Crippen LogP) is 2.68. The van der Waals surface area contributed by atoms with Gasteiger partial charge in [0.2, 0.25) is 0 Å². The van der Waals surface area contributed by atoms with Gasteiger partial charge in [-0.1, -0.05) is 6.92 Å².